The lowest BCUT2D eigenvalue weighted by Crippen LogP contribution is -2.22. The topological polar surface area (TPSA) is 42.2 Å². The first kappa shape index (κ1) is 9.96. The molecule has 80 valence electrons. The summed E-state index contributed by atoms with van der Waals surface area (Å²) in [4.78, 5) is 4.38. The molecule has 15 heavy (non-hydrogen) atoms. The van der Waals surface area contributed by atoms with Gasteiger partial charge in [-0.3, -0.25) is 0 Å². The van der Waals surface area contributed by atoms with Gasteiger partial charge >= 0.3 is 0 Å². The van der Waals surface area contributed by atoms with Crippen LogP contribution < -0.4 is 5.32 Å². The zero-order chi connectivity index (χ0) is 10.8. The first-order valence-electron chi connectivity index (χ1n) is 5.25. The Morgan fingerprint density at radius 2 is 2.07 bits per heavy atom. The molecule has 2 rings (SSSR count). The van der Waals surface area contributed by atoms with Crippen molar-refractivity contribution in [3.8, 4) is 0 Å². The molecular weight excluding hydrogens is 188 g/mol. The average Bonchev–Trinajstić information content (AvgIpc) is 2.59. The molecule has 2 aromatic rings. The lowest BCUT2D eigenvalue weighted by Gasteiger charge is -2.15. The van der Waals surface area contributed by atoms with E-state index in [4.69, 9.17) is 0 Å². The third kappa shape index (κ3) is 2.09. The second kappa shape index (κ2) is 3.88. The van der Waals surface area contributed by atoms with E-state index in [1.165, 1.54) is 0 Å². The van der Waals surface area contributed by atoms with Gasteiger partial charge in [0, 0.05) is 12.2 Å². The van der Waals surface area contributed by atoms with Crippen LogP contribution in [0.1, 0.15) is 20.8 Å². The maximum Gasteiger partial charge on any atom is 0.243 e. The average molecular weight is 204 g/mol. The van der Waals surface area contributed by atoms with Crippen LogP contribution in [0.3, 0.4) is 0 Å². The lowest BCUT2D eigenvalue weighted by molar-refractivity contribution is 0.556. The van der Waals surface area contributed by atoms with Gasteiger partial charge in [0.2, 0.25) is 5.95 Å². The standard InChI is InChI=1S/C11H16N4/c1-8(2)9(3)12-11-13-10-6-4-5-7-15(10)14-11/h4-9H,1-3H3,(H,12,14). The van der Waals surface area contributed by atoms with Crippen molar-refractivity contribution < 1.29 is 0 Å². The number of rotatable bonds is 3. The molecule has 0 aliphatic carbocycles. The molecule has 1 N–H and O–H groups in total. The van der Waals surface area contributed by atoms with E-state index in [9.17, 15) is 0 Å². The highest BCUT2D eigenvalue weighted by Gasteiger charge is 2.09. The Morgan fingerprint density at radius 1 is 1.27 bits per heavy atom. The number of nitrogens with one attached hydrogen (secondary N) is 1. The molecule has 0 bridgehead atoms. The van der Waals surface area contributed by atoms with Gasteiger partial charge < -0.3 is 5.32 Å². The van der Waals surface area contributed by atoms with Gasteiger partial charge in [-0.25, -0.2) is 4.52 Å². The Morgan fingerprint density at radius 3 is 2.73 bits per heavy atom. The maximum atomic E-state index is 4.38. The second-order valence-electron chi connectivity index (χ2n) is 4.12. The third-order valence-electron chi connectivity index (χ3n) is 2.60. The summed E-state index contributed by atoms with van der Waals surface area (Å²) in [6.07, 6.45) is 1.90. The highest BCUT2D eigenvalue weighted by Crippen LogP contribution is 2.09. The van der Waals surface area contributed by atoms with Crippen molar-refractivity contribution in [1.82, 2.24) is 14.6 Å². The number of pyridine rings is 1. The van der Waals surface area contributed by atoms with Gasteiger partial charge in [0.05, 0.1) is 0 Å². The quantitative estimate of drug-likeness (QED) is 0.833. The molecule has 0 amide bonds. The zero-order valence-electron chi connectivity index (χ0n) is 9.31. The van der Waals surface area contributed by atoms with Crippen LogP contribution in [0, 0.1) is 5.92 Å². The summed E-state index contributed by atoms with van der Waals surface area (Å²) < 4.78 is 1.77. The van der Waals surface area contributed by atoms with Crippen molar-refractivity contribution in [3.05, 3.63) is 24.4 Å². The predicted molar refractivity (Wildman–Crippen MR) is 60.9 cm³/mol. The SMILES string of the molecule is CC(C)C(C)Nc1nc2ccccn2n1. The summed E-state index contributed by atoms with van der Waals surface area (Å²) in [5, 5.41) is 7.62. The number of anilines is 1. The smallest absolute Gasteiger partial charge is 0.243 e. The van der Waals surface area contributed by atoms with E-state index in [-0.39, 0.29) is 0 Å². The molecule has 4 heteroatoms. The molecule has 0 fully saturated rings. The molecule has 0 aliphatic heterocycles. The molecule has 0 saturated carbocycles. The number of hydrogen-bond donors (Lipinski definition) is 1. The van der Waals surface area contributed by atoms with Crippen molar-refractivity contribution in [2.75, 3.05) is 5.32 Å². The minimum absolute atomic E-state index is 0.377. The van der Waals surface area contributed by atoms with E-state index in [1.807, 2.05) is 24.4 Å². The molecule has 4 nitrogen and oxygen atoms in total. The Balaban J connectivity index is 2.22. The summed E-state index contributed by atoms with van der Waals surface area (Å²) in [6.45, 7) is 6.48. The summed E-state index contributed by atoms with van der Waals surface area (Å²) in [5.74, 6) is 1.26. The minimum atomic E-state index is 0.377. The van der Waals surface area contributed by atoms with E-state index >= 15 is 0 Å². The molecule has 0 radical (unpaired) electrons. The predicted octanol–water partition coefficient (Wildman–Crippen LogP) is 2.19. The van der Waals surface area contributed by atoms with E-state index < -0.39 is 0 Å². The molecule has 0 aliphatic rings. The first-order valence-corrected chi connectivity index (χ1v) is 5.25. The number of fused-ring (bicyclic) bond motifs is 1. The van der Waals surface area contributed by atoms with Crippen molar-refractivity contribution >= 4 is 11.6 Å². The molecule has 1 atom stereocenters. The highest BCUT2D eigenvalue weighted by molar-refractivity contribution is 5.43. The molecule has 0 spiro atoms. The van der Waals surface area contributed by atoms with Gasteiger partial charge in [-0.1, -0.05) is 19.9 Å². The number of aromatic nitrogens is 3. The van der Waals surface area contributed by atoms with Crippen LogP contribution in [0.4, 0.5) is 5.95 Å². The summed E-state index contributed by atoms with van der Waals surface area (Å²) >= 11 is 0. The van der Waals surface area contributed by atoms with Crippen LogP contribution >= 0.6 is 0 Å². The Hall–Kier alpha value is -1.58. The Kier molecular flexibility index (Phi) is 2.58. The molecule has 0 saturated heterocycles. The van der Waals surface area contributed by atoms with Crippen LogP contribution in [0.2, 0.25) is 0 Å². The van der Waals surface area contributed by atoms with Crippen LogP contribution in [0.15, 0.2) is 24.4 Å². The molecule has 2 aromatic heterocycles. The van der Waals surface area contributed by atoms with Crippen LogP contribution in [-0.2, 0) is 0 Å². The largest absolute Gasteiger partial charge is 0.350 e. The second-order valence-corrected chi connectivity index (χ2v) is 4.12. The van der Waals surface area contributed by atoms with Gasteiger partial charge in [-0.2, -0.15) is 4.98 Å². The molecular formula is C11H16N4. The van der Waals surface area contributed by atoms with Gasteiger partial charge in [0.25, 0.3) is 0 Å². The first-order chi connectivity index (χ1) is 7.16. The number of nitrogens with zero attached hydrogens (tertiary/aromatic N) is 3. The third-order valence-corrected chi connectivity index (χ3v) is 2.60. The van der Waals surface area contributed by atoms with Crippen LogP contribution in [0.25, 0.3) is 5.65 Å². The fourth-order valence-electron chi connectivity index (χ4n) is 1.26. The van der Waals surface area contributed by atoms with E-state index in [0.29, 0.717) is 17.9 Å². The fourth-order valence-corrected chi connectivity index (χ4v) is 1.26. The summed E-state index contributed by atoms with van der Waals surface area (Å²) in [6, 6.07) is 6.22. The normalized spacial score (nSPS) is 13.3. The van der Waals surface area contributed by atoms with Crippen molar-refractivity contribution in [2.24, 2.45) is 5.92 Å². The zero-order valence-corrected chi connectivity index (χ0v) is 9.31. The van der Waals surface area contributed by atoms with E-state index in [2.05, 4.69) is 36.2 Å². The van der Waals surface area contributed by atoms with E-state index in [1.54, 1.807) is 4.52 Å². The monoisotopic (exact) mass is 204 g/mol. The van der Waals surface area contributed by atoms with Crippen LogP contribution in [0.5, 0.6) is 0 Å². The van der Waals surface area contributed by atoms with Gasteiger partial charge in [-0.05, 0) is 25.0 Å². The molecule has 2 heterocycles. The van der Waals surface area contributed by atoms with Gasteiger partial charge in [0.15, 0.2) is 5.65 Å². The van der Waals surface area contributed by atoms with Gasteiger partial charge in [-0.15, -0.1) is 5.10 Å². The van der Waals surface area contributed by atoms with Crippen molar-refractivity contribution in [2.45, 2.75) is 26.8 Å². The van der Waals surface area contributed by atoms with E-state index in [0.717, 1.165) is 5.65 Å². The minimum Gasteiger partial charge on any atom is -0.350 e. The van der Waals surface area contributed by atoms with Crippen molar-refractivity contribution in [3.63, 3.8) is 0 Å². The van der Waals surface area contributed by atoms with Crippen molar-refractivity contribution in [1.29, 1.82) is 0 Å². The highest BCUT2D eigenvalue weighted by atomic mass is 15.3. The molecule has 0 aromatic carbocycles. The summed E-state index contributed by atoms with van der Waals surface area (Å²) in [7, 11) is 0. The number of hydrogen-bond acceptors (Lipinski definition) is 3. The lowest BCUT2D eigenvalue weighted by atomic mass is 10.1. The fraction of sp³-hybridized carbons (Fsp3) is 0.455. The Labute approximate surface area is 89.3 Å². The molecule has 1 unspecified atom stereocenters. The summed E-state index contributed by atoms with van der Waals surface area (Å²) in [5.41, 5.74) is 0.871. The maximum absolute atomic E-state index is 4.38. The Bertz CT molecular complexity index is 414. The van der Waals surface area contributed by atoms with Crippen LogP contribution in [-0.4, -0.2) is 20.6 Å². The van der Waals surface area contributed by atoms with Gasteiger partial charge in [0.1, 0.15) is 0 Å².